The SMILES string of the molecule is CC(C)(C)/C(Cl)=C/[C@@H]1[C@@H](OC(=O)O)C1(C)C. The predicted octanol–water partition coefficient (Wildman–Crippen LogP) is 3.87. The van der Waals surface area contributed by atoms with E-state index in [-0.39, 0.29) is 22.9 Å². The molecular weight excluding hydrogens is 228 g/mol. The Morgan fingerprint density at radius 3 is 2.31 bits per heavy atom. The Labute approximate surface area is 101 Å². The van der Waals surface area contributed by atoms with Gasteiger partial charge < -0.3 is 9.84 Å². The van der Waals surface area contributed by atoms with Crippen LogP contribution in [0.25, 0.3) is 0 Å². The molecule has 0 aliphatic heterocycles. The van der Waals surface area contributed by atoms with Gasteiger partial charge in [0.2, 0.25) is 0 Å². The van der Waals surface area contributed by atoms with Gasteiger partial charge in [0.1, 0.15) is 6.10 Å². The molecule has 1 N–H and O–H groups in total. The molecule has 16 heavy (non-hydrogen) atoms. The second-order valence-electron chi connectivity index (χ2n) is 5.92. The summed E-state index contributed by atoms with van der Waals surface area (Å²) in [5, 5.41) is 9.34. The number of rotatable bonds is 2. The lowest BCUT2D eigenvalue weighted by Gasteiger charge is -2.17. The molecule has 2 atom stereocenters. The van der Waals surface area contributed by atoms with Gasteiger partial charge in [0.25, 0.3) is 0 Å². The van der Waals surface area contributed by atoms with E-state index in [1.807, 2.05) is 40.7 Å². The van der Waals surface area contributed by atoms with Crippen molar-refractivity contribution in [2.24, 2.45) is 16.7 Å². The van der Waals surface area contributed by atoms with Crippen molar-refractivity contribution in [3.05, 3.63) is 11.1 Å². The number of hydrogen-bond donors (Lipinski definition) is 1. The van der Waals surface area contributed by atoms with E-state index >= 15 is 0 Å². The molecule has 0 bridgehead atoms. The smallest absolute Gasteiger partial charge is 0.450 e. The lowest BCUT2D eigenvalue weighted by atomic mass is 9.94. The van der Waals surface area contributed by atoms with Crippen molar-refractivity contribution < 1.29 is 14.6 Å². The Bertz CT molecular complexity index is 326. The zero-order valence-electron chi connectivity index (χ0n) is 10.4. The minimum atomic E-state index is -1.22. The summed E-state index contributed by atoms with van der Waals surface area (Å²) in [5.74, 6) is 0.0790. The molecule has 0 aromatic heterocycles. The topological polar surface area (TPSA) is 46.5 Å². The quantitative estimate of drug-likeness (QED) is 0.753. The van der Waals surface area contributed by atoms with Crippen LogP contribution in [0.2, 0.25) is 0 Å². The third-order valence-corrected chi connectivity index (χ3v) is 3.77. The fourth-order valence-electron chi connectivity index (χ4n) is 1.67. The molecule has 0 amide bonds. The van der Waals surface area contributed by atoms with E-state index in [1.54, 1.807) is 0 Å². The standard InChI is InChI=1S/C12H19ClO3/c1-11(2,3)8(13)6-7-9(12(7,4)5)16-10(14)15/h6-7,9H,1-5H3,(H,14,15)/b8-6-/t7-,9-/m1/s1. The van der Waals surface area contributed by atoms with Crippen molar-refractivity contribution in [3.8, 4) is 0 Å². The Morgan fingerprint density at radius 1 is 1.44 bits per heavy atom. The third kappa shape index (κ3) is 2.70. The van der Waals surface area contributed by atoms with E-state index in [0.29, 0.717) is 0 Å². The van der Waals surface area contributed by atoms with Crippen molar-refractivity contribution in [1.82, 2.24) is 0 Å². The first-order valence-electron chi connectivity index (χ1n) is 5.34. The average Bonchev–Trinajstić information content (AvgIpc) is 2.53. The Balaban J connectivity index is 2.74. The second-order valence-corrected chi connectivity index (χ2v) is 6.32. The summed E-state index contributed by atoms with van der Waals surface area (Å²) < 4.78 is 4.82. The van der Waals surface area contributed by atoms with E-state index in [4.69, 9.17) is 21.4 Å². The van der Waals surface area contributed by atoms with Gasteiger partial charge in [-0.15, -0.1) is 0 Å². The van der Waals surface area contributed by atoms with Crippen LogP contribution in [0.3, 0.4) is 0 Å². The van der Waals surface area contributed by atoms with Crippen molar-refractivity contribution >= 4 is 17.8 Å². The molecule has 1 aliphatic rings. The van der Waals surface area contributed by atoms with Crippen LogP contribution in [-0.2, 0) is 4.74 Å². The first-order chi connectivity index (χ1) is 7.06. The highest BCUT2D eigenvalue weighted by Gasteiger charge is 2.60. The number of ether oxygens (including phenoxy) is 1. The molecule has 3 nitrogen and oxygen atoms in total. The third-order valence-electron chi connectivity index (χ3n) is 3.08. The van der Waals surface area contributed by atoms with Gasteiger partial charge in [-0.05, 0) is 5.41 Å². The van der Waals surface area contributed by atoms with Gasteiger partial charge in [0.15, 0.2) is 0 Å². The maximum atomic E-state index is 10.5. The van der Waals surface area contributed by atoms with Crippen LogP contribution in [0.1, 0.15) is 34.6 Å². The van der Waals surface area contributed by atoms with Crippen LogP contribution in [0.4, 0.5) is 4.79 Å². The van der Waals surface area contributed by atoms with E-state index in [9.17, 15) is 4.79 Å². The number of carbonyl (C=O) groups is 1. The maximum absolute atomic E-state index is 10.5. The van der Waals surface area contributed by atoms with Crippen molar-refractivity contribution in [2.45, 2.75) is 40.7 Å². The van der Waals surface area contributed by atoms with Gasteiger partial charge in [-0.1, -0.05) is 52.3 Å². The average molecular weight is 247 g/mol. The van der Waals surface area contributed by atoms with Crippen LogP contribution in [0, 0.1) is 16.7 Å². The number of halogens is 1. The minimum Gasteiger partial charge on any atom is -0.450 e. The summed E-state index contributed by atoms with van der Waals surface area (Å²) >= 11 is 6.18. The largest absolute Gasteiger partial charge is 0.506 e. The number of carboxylic acid groups (broad SMARTS) is 1. The Morgan fingerprint density at radius 2 is 1.94 bits per heavy atom. The lowest BCUT2D eigenvalue weighted by molar-refractivity contribution is 0.0732. The molecule has 1 aliphatic carbocycles. The van der Waals surface area contributed by atoms with Crippen LogP contribution in [-0.4, -0.2) is 17.4 Å². The monoisotopic (exact) mass is 246 g/mol. The van der Waals surface area contributed by atoms with Gasteiger partial charge in [-0.3, -0.25) is 0 Å². The number of allylic oxidation sites excluding steroid dienone is 1. The number of hydrogen-bond acceptors (Lipinski definition) is 2. The fourth-order valence-corrected chi connectivity index (χ4v) is 1.81. The maximum Gasteiger partial charge on any atom is 0.506 e. The molecule has 1 saturated carbocycles. The summed E-state index contributed by atoms with van der Waals surface area (Å²) in [6.45, 7) is 10.0. The van der Waals surface area contributed by atoms with E-state index in [0.717, 1.165) is 5.03 Å². The Hall–Kier alpha value is -0.700. The van der Waals surface area contributed by atoms with Crippen molar-refractivity contribution in [1.29, 1.82) is 0 Å². The predicted molar refractivity (Wildman–Crippen MR) is 63.6 cm³/mol. The van der Waals surface area contributed by atoms with Crippen molar-refractivity contribution in [2.75, 3.05) is 0 Å². The van der Waals surface area contributed by atoms with E-state index in [1.165, 1.54) is 0 Å². The van der Waals surface area contributed by atoms with Gasteiger partial charge in [0, 0.05) is 16.4 Å². The summed E-state index contributed by atoms with van der Waals surface area (Å²) in [5.41, 5.74) is -0.252. The first-order valence-corrected chi connectivity index (χ1v) is 5.72. The first kappa shape index (κ1) is 13.4. The van der Waals surface area contributed by atoms with Gasteiger partial charge in [0.05, 0.1) is 0 Å². The Kier molecular flexibility index (Phi) is 3.30. The van der Waals surface area contributed by atoms with Crippen LogP contribution < -0.4 is 0 Å². The van der Waals surface area contributed by atoms with Crippen molar-refractivity contribution in [3.63, 3.8) is 0 Å². The zero-order chi connectivity index (χ0) is 12.7. The molecule has 4 heteroatoms. The summed E-state index contributed by atoms with van der Waals surface area (Å²) in [7, 11) is 0. The summed E-state index contributed by atoms with van der Waals surface area (Å²) in [6.07, 6.45) is 0.428. The minimum absolute atomic E-state index is 0.0790. The summed E-state index contributed by atoms with van der Waals surface area (Å²) in [6, 6.07) is 0. The lowest BCUT2D eigenvalue weighted by Crippen LogP contribution is -2.07. The molecule has 0 saturated heterocycles. The fraction of sp³-hybridized carbons (Fsp3) is 0.750. The van der Waals surface area contributed by atoms with Crippen LogP contribution >= 0.6 is 11.6 Å². The highest BCUT2D eigenvalue weighted by Crippen LogP contribution is 2.56. The molecule has 0 radical (unpaired) electrons. The molecule has 0 heterocycles. The van der Waals surface area contributed by atoms with Gasteiger partial charge >= 0.3 is 6.16 Å². The molecule has 1 rings (SSSR count). The van der Waals surface area contributed by atoms with Crippen LogP contribution in [0.5, 0.6) is 0 Å². The van der Waals surface area contributed by atoms with E-state index < -0.39 is 6.16 Å². The van der Waals surface area contributed by atoms with Gasteiger partial charge in [-0.25, -0.2) is 4.79 Å². The molecule has 1 fully saturated rings. The molecular formula is C12H19ClO3. The second kappa shape index (κ2) is 3.95. The summed E-state index contributed by atoms with van der Waals surface area (Å²) in [4.78, 5) is 10.5. The highest BCUT2D eigenvalue weighted by molar-refractivity contribution is 6.30. The van der Waals surface area contributed by atoms with Gasteiger partial charge in [-0.2, -0.15) is 0 Å². The highest BCUT2D eigenvalue weighted by atomic mass is 35.5. The van der Waals surface area contributed by atoms with Crippen LogP contribution in [0.15, 0.2) is 11.1 Å². The van der Waals surface area contributed by atoms with E-state index in [2.05, 4.69) is 0 Å². The molecule has 0 unspecified atom stereocenters. The molecule has 0 aromatic carbocycles. The normalized spacial score (nSPS) is 28.8. The molecule has 92 valence electrons. The molecule has 0 spiro atoms. The molecule has 0 aromatic rings. The zero-order valence-corrected chi connectivity index (χ0v) is 11.1.